The second kappa shape index (κ2) is 6.30. The van der Waals surface area contributed by atoms with E-state index in [1.165, 1.54) is 0 Å². The number of aliphatic imine (C=N–C) groups is 1. The molecule has 3 rings (SSSR count). The maximum Gasteiger partial charge on any atom is 0.214 e. The third kappa shape index (κ3) is 3.62. The van der Waals surface area contributed by atoms with Crippen LogP contribution in [-0.2, 0) is 16.4 Å². The molecule has 0 bridgehead atoms. The Balaban J connectivity index is 1.58. The number of nitrogens with two attached hydrogens (primary N) is 1. The number of piperidine rings is 1. The Bertz CT molecular complexity index is 712. The van der Waals surface area contributed by atoms with Gasteiger partial charge in [0.2, 0.25) is 10.0 Å². The van der Waals surface area contributed by atoms with Crippen LogP contribution < -0.4 is 11.1 Å². The van der Waals surface area contributed by atoms with Crippen molar-refractivity contribution in [2.75, 3.05) is 25.4 Å². The van der Waals surface area contributed by atoms with E-state index < -0.39 is 10.0 Å². The second-order valence-electron chi connectivity index (χ2n) is 6.16. The highest BCUT2D eigenvalue weighted by molar-refractivity contribution is 7.89. The highest BCUT2D eigenvalue weighted by Crippen LogP contribution is 2.27. The zero-order chi connectivity index (χ0) is 16.5. The van der Waals surface area contributed by atoms with Gasteiger partial charge in [-0.05, 0) is 30.9 Å². The topological polar surface area (TPSA) is 87.8 Å². The summed E-state index contributed by atoms with van der Waals surface area (Å²) in [7, 11) is -3.28. The van der Waals surface area contributed by atoms with E-state index in [4.69, 9.17) is 17.3 Å². The molecule has 2 aliphatic heterocycles. The standard InChI is InChI=1S/C15H21ClN4O2S/c16-13-4-2-1-3-12(13)5-10-23(21,22)20-8-6-15(7-9-20)11-18-14(17)19-15/h1-4H,5-11H2,(H3,17,18,19). The zero-order valence-corrected chi connectivity index (χ0v) is 14.4. The normalized spacial score (nSPS) is 21.2. The molecule has 6 nitrogen and oxygen atoms in total. The number of rotatable bonds is 4. The molecule has 2 heterocycles. The smallest absolute Gasteiger partial charge is 0.214 e. The molecule has 1 fully saturated rings. The van der Waals surface area contributed by atoms with Crippen LogP contribution in [0.5, 0.6) is 0 Å². The molecule has 0 aliphatic carbocycles. The number of nitrogens with zero attached hydrogens (tertiary/aromatic N) is 2. The van der Waals surface area contributed by atoms with Gasteiger partial charge < -0.3 is 11.1 Å². The van der Waals surface area contributed by atoms with Gasteiger partial charge in [0, 0.05) is 18.1 Å². The number of benzene rings is 1. The molecule has 0 atom stereocenters. The minimum absolute atomic E-state index is 0.0792. The van der Waals surface area contributed by atoms with Crippen molar-refractivity contribution in [3.63, 3.8) is 0 Å². The molecule has 126 valence electrons. The number of halogens is 1. The van der Waals surface area contributed by atoms with Gasteiger partial charge in [0.1, 0.15) is 0 Å². The predicted molar refractivity (Wildman–Crippen MR) is 92.1 cm³/mol. The quantitative estimate of drug-likeness (QED) is 0.841. The number of hydrogen-bond donors (Lipinski definition) is 2. The van der Waals surface area contributed by atoms with Crippen molar-refractivity contribution < 1.29 is 8.42 Å². The Morgan fingerprint density at radius 3 is 2.61 bits per heavy atom. The van der Waals surface area contributed by atoms with Crippen LogP contribution in [0.4, 0.5) is 0 Å². The second-order valence-corrected chi connectivity index (χ2v) is 8.66. The van der Waals surface area contributed by atoms with E-state index >= 15 is 0 Å². The third-order valence-corrected chi connectivity index (χ3v) is 6.85. The largest absolute Gasteiger partial charge is 0.370 e. The molecule has 1 aromatic rings. The summed E-state index contributed by atoms with van der Waals surface area (Å²) in [5.41, 5.74) is 6.39. The van der Waals surface area contributed by atoms with E-state index in [9.17, 15) is 8.42 Å². The minimum Gasteiger partial charge on any atom is -0.370 e. The van der Waals surface area contributed by atoms with E-state index in [1.807, 2.05) is 18.2 Å². The lowest BCUT2D eigenvalue weighted by Crippen LogP contribution is -2.56. The highest BCUT2D eigenvalue weighted by Gasteiger charge is 2.40. The van der Waals surface area contributed by atoms with E-state index in [0.29, 0.717) is 37.0 Å². The summed E-state index contributed by atoms with van der Waals surface area (Å²) in [4.78, 5) is 4.19. The first kappa shape index (κ1) is 16.5. The van der Waals surface area contributed by atoms with Crippen LogP contribution in [0.15, 0.2) is 29.3 Å². The molecular formula is C15H21ClN4O2S. The van der Waals surface area contributed by atoms with Crippen molar-refractivity contribution >= 4 is 27.6 Å². The lowest BCUT2D eigenvalue weighted by Gasteiger charge is -2.38. The zero-order valence-electron chi connectivity index (χ0n) is 12.8. The predicted octanol–water partition coefficient (Wildman–Crippen LogP) is 0.965. The van der Waals surface area contributed by atoms with Crippen molar-refractivity contribution in [2.24, 2.45) is 10.7 Å². The molecule has 0 saturated carbocycles. The van der Waals surface area contributed by atoms with Crippen molar-refractivity contribution in [3.05, 3.63) is 34.9 Å². The van der Waals surface area contributed by atoms with Crippen molar-refractivity contribution in [1.82, 2.24) is 9.62 Å². The molecule has 0 aromatic heterocycles. The van der Waals surface area contributed by atoms with Crippen molar-refractivity contribution in [1.29, 1.82) is 0 Å². The van der Waals surface area contributed by atoms with Crippen LogP contribution in [0.2, 0.25) is 5.02 Å². The number of aryl methyl sites for hydroxylation is 1. The first-order valence-electron chi connectivity index (χ1n) is 7.70. The van der Waals surface area contributed by atoms with Crippen LogP contribution >= 0.6 is 11.6 Å². The Kier molecular flexibility index (Phi) is 4.53. The van der Waals surface area contributed by atoms with Gasteiger partial charge in [-0.25, -0.2) is 12.7 Å². The van der Waals surface area contributed by atoms with Gasteiger partial charge in [0.05, 0.1) is 17.8 Å². The Morgan fingerprint density at radius 1 is 1.30 bits per heavy atom. The van der Waals surface area contributed by atoms with Gasteiger partial charge in [-0.1, -0.05) is 29.8 Å². The van der Waals surface area contributed by atoms with Gasteiger partial charge >= 0.3 is 0 Å². The monoisotopic (exact) mass is 356 g/mol. The molecule has 3 N–H and O–H groups in total. The molecule has 0 radical (unpaired) electrons. The molecule has 8 heteroatoms. The Hall–Kier alpha value is -1.31. The molecule has 1 aromatic carbocycles. The molecule has 0 unspecified atom stereocenters. The summed E-state index contributed by atoms with van der Waals surface area (Å²) in [6.07, 6.45) is 1.88. The van der Waals surface area contributed by atoms with Crippen molar-refractivity contribution in [2.45, 2.75) is 24.8 Å². The fourth-order valence-electron chi connectivity index (χ4n) is 3.13. The number of hydrogen-bond acceptors (Lipinski definition) is 5. The van der Waals surface area contributed by atoms with Gasteiger partial charge in [0.15, 0.2) is 5.96 Å². The number of sulfonamides is 1. The molecule has 2 aliphatic rings. The highest BCUT2D eigenvalue weighted by atomic mass is 35.5. The van der Waals surface area contributed by atoms with Crippen LogP contribution in [-0.4, -0.2) is 49.6 Å². The van der Waals surface area contributed by atoms with Gasteiger partial charge in [-0.2, -0.15) is 0 Å². The van der Waals surface area contributed by atoms with Gasteiger partial charge in [-0.15, -0.1) is 0 Å². The summed E-state index contributed by atoms with van der Waals surface area (Å²) in [6.45, 7) is 1.63. The maximum atomic E-state index is 12.5. The molecular weight excluding hydrogens is 336 g/mol. The van der Waals surface area contributed by atoms with Crippen LogP contribution in [0.1, 0.15) is 18.4 Å². The fourth-order valence-corrected chi connectivity index (χ4v) is 4.84. The minimum atomic E-state index is -3.28. The third-order valence-electron chi connectivity index (χ3n) is 4.61. The SMILES string of the molecule is NC1=NCC2(CCN(S(=O)(=O)CCc3ccccc3Cl)CC2)N1. The van der Waals surface area contributed by atoms with Gasteiger partial charge in [0.25, 0.3) is 0 Å². The fraction of sp³-hybridized carbons (Fsp3) is 0.533. The lowest BCUT2D eigenvalue weighted by molar-refractivity contribution is 0.231. The first-order chi connectivity index (χ1) is 10.9. The summed E-state index contributed by atoms with van der Waals surface area (Å²) in [5, 5.41) is 3.81. The van der Waals surface area contributed by atoms with E-state index in [1.54, 1.807) is 10.4 Å². The molecule has 1 saturated heterocycles. The van der Waals surface area contributed by atoms with E-state index in [0.717, 1.165) is 18.4 Å². The number of nitrogens with one attached hydrogen (secondary N) is 1. The summed E-state index contributed by atoms with van der Waals surface area (Å²) >= 11 is 6.09. The Morgan fingerprint density at radius 2 is 2.00 bits per heavy atom. The average Bonchev–Trinajstić information content (AvgIpc) is 2.88. The van der Waals surface area contributed by atoms with Crippen molar-refractivity contribution in [3.8, 4) is 0 Å². The van der Waals surface area contributed by atoms with Crippen LogP contribution in [0, 0.1) is 0 Å². The lowest BCUT2D eigenvalue weighted by atomic mass is 9.89. The van der Waals surface area contributed by atoms with Crippen LogP contribution in [0.3, 0.4) is 0 Å². The van der Waals surface area contributed by atoms with Crippen LogP contribution in [0.25, 0.3) is 0 Å². The van der Waals surface area contributed by atoms with Gasteiger partial charge in [-0.3, -0.25) is 4.99 Å². The van der Waals surface area contributed by atoms with E-state index in [2.05, 4.69) is 10.3 Å². The summed E-state index contributed by atoms with van der Waals surface area (Å²) in [6, 6.07) is 7.36. The summed E-state index contributed by atoms with van der Waals surface area (Å²) < 4.78 is 26.7. The first-order valence-corrected chi connectivity index (χ1v) is 9.68. The Labute approximate surface area is 141 Å². The average molecular weight is 357 g/mol. The molecule has 1 spiro atoms. The molecule has 23 heavy (non-hydrogen) atoms. The maximum absolute atomic E-state index is 12.5. The summed E-state index contributed by atoms with van der Waals surface area (Å²) in [5.74, 6) is 0.538. The molecule has 0 amide bonds. The van der Waals surface area contributed by atoms with E-state index in [-0.39, 0.29) is 11.3 Å². The number of guanidine groups is 1.